The van der Waals surface area contributed by atoms with Crippen molar-refractivity contribution in [1.29, 1.82) is 0 Å². The van der Waals surface area contributed by atoms with E-state index in [2.05, 4.69) is 39.5 Å². The van der Waals surface area contributed by atoms with E-state index in [1.807, 2.05) is 0 Å². The Morgan fingerprint density at radius 3 is 1.95 bits per heavy atom. The number of carbonyl (C=O) groups is 1. The predicted molar refractivity (Wildman–Crippen MR) is 84.6 cm³/mol. The van der Waals surface area contributed by atoms with Gasteiger partial charge in [0.15, 0.2) is 0 Å². The number of esters is 1. The fourth-order valence-electron chi connectivity index (χ4n) is 2.49. The number of ether oxygens (including phenoxy) is 1. The number of nitrogens with two attached hydrogens (primary N) is 1. The highest BCUT2D eigenvalue weighted by Crippen LogP contribution is 2.18. The summed E-state index contributed by atoms with van der Waals surface area (Å²) >= 11 is 0. The van der Waals surface area contributed by atoms with Crippen LogP contribution in [0.4, 0.5) is 0 Å². The number of carbonyl (C=O) groups excluding carboxylic acids is 1. The molecular weight excluding hydrogens is 252 g/mol. The van der Waals surface area contributed by atoms with E-state index in [0.717, 1.165) is 13.1 Å². The Balaban J connectivity index is 4.72. The molecule has 0 aliphatic rings. The van der Waals surface area contributed by atoms with Gasteiger partial charge in [-0.05, 0) is 39.0 Å². The third-order valence-electron chi connectivity index (χ3n) is 3.28. The summed E-state index contributed by atoms with van der Waals surface area (Å²) in [6.45, 7) is 17.0. The van der Waals surface area contributed by atoms with Crippen molar-refractivity contribution in [3.8, 4) is 0 Å². The van der Waals surface area contributed by atoms with E-state index in [0.29, 0.717) is 24.9 Å². The van der Waals surface area contributed by atoms with Crippen molar-refractivity contribution in [2.45, 2.75) is 66.5 Å². The molecule has 4 nitrogen and oxygen atoms in total. The first-order chi connectivity index (χ1) is 9.10. The van der Waals surface area contributed by atoms with Gasteiger partial charge in [-0.1, -0.05) is 27.7 Å². The van der Waals surface area contributed by atoms with Crippen molar-refractivity contribution in [3.63, 3.8) is 0 Å². The predicted octanol–water partition coefficient (Wildman–Crippen LogP) is 2.66. The van der Waals surface area contributed by atoms with E-state index < -0.39 is 5.54 Å². The molecule has 0 bridgehead atoms. The minimum atomic E-state index is -0.915. The van der Waals surface area contributed by atoms with E-state index >= 15 is 0 Å². The van der Waals surface area contributed by atoms with Crippen LogP contribution in [-0.2, 0) is 9.53 Å². The molecule has 0 amide bonds. The third kappa shape index (κ3) is 7.25. The molecule has 0 aromatic carbocycles. The summed E-state index contributed by atoms with van der Waals surface area (Å²) in [5, 5.41) is 0. The van der Waals surface area contributed by atoms with E-state index in [1.54, 1.807) is 13.8 Å². The molecule has 0 saturated heterocycles. The lowest BCUT2D eigenvalue weighted by Crippen LogP contribution is -2.52. The topological polar surface area (TPSA) is 55.6 Å². The zero-order chi connectivity index (χ0) is 15.9. The van der Waals surface area contributed by atoms with Crippen molar-refractivity contribution in [2.24, 2.45) is 17.6 Å². The molecule has 0 radical (unpaired) electrons. The van der Waals surface area contributed by atoms with Gasteiger partial charge in [0.25, 0.3) is 0 Å². The molecule has 2 atom stereocenters. The fourth-order valence-corrected chi connectivity index (χ4v) is 2.49. The van der Waals surface area contributed by atoms with Gasteiger partial charge >= 0.3 is 5.97 Å². The summed E-state index contributed by atoms with van der Waals surface area (Å²) in [4.78, 5) is 14.3. The monoisotopic (exact) mass is 286 g/mol. The van der Waals surface area contributed by atoms with Crippen molar-refractivity contribution in [3.05, 3.63) is 0 Å². The Kier molecular flexibility index (Phi) is 8.36. The van der Waals surface area contributed by atoms with Crippen LogP contribution in [0.25, 0.3) is 0 Å². The van der Waals surface area contributed by atoms with Crippen molar-refractivity contribution < 1.29 is 9.53 Å². The molecule has 0 heterocycles. The van der Waals surface area contributed by atoms with Crippen LogP contribution in [0.15, 0.2) is 0 Å². The number of nitrogens with zero attached hydrogens (tertiary/aromatic N) is 1. The van der Waals surface area contributed by atoms with Crippen LogP contribution < -0.4 is 5.73 Å². The molecule has 0 spiro atoms. The molecule has 0 aliphatic carbocycles. The lowest BCUT2D eigenvalue weighted by Gasteiger charge is -2.35. The Morgan fingerprint density at radius 2 is 1.60 bits per heavy atom. The van der Waals surface area contributed by atoms with E-state index in [9.17, 15) is 4.79 Å². The van der Waals surface area contributed by atoms with E-state index in [-0.39, 0.29) is 12.0 Å². The second-order valence-corrected chi connectivity index (χ2v) is 6.93. The normalized spacial score (nSPS) is 16.6. The molecule has 0 aromatic heterocycles. The first-order valence-electron chi connectivity index (χ1n) is 7.80. The molecule has 20 heavy (non-hydrogen) atoms. The molecule has 0 aromatic rings. The van der Waals surface area contributed by atoms with Gasteiger partial charge in [0.2, 0.25) is 0 Å². The van der Waals surface area contributed by atoms with Gasteiger partial charge in [0, 0.05) is 19.1 Å². The van der Waals surface area contributed by atoms with Gasteiger partial charge in [-0.3, -0.25) is 4.79 Å². The van der Waals surface area contributed by atoms with Crippen molar-refractivity contribution in [2.75, 3.05) is 19.7 Å². The van der Waals surface area contributed by atoms with Crippen LogP contribution in [0, 0.1) is 11.8 Å². The highest BCUT2D eigenvalue weighted by molar-refractivity contribution is 5.80. The highest BCUT2D eigenvalue weighted by atomic mass is 16.5. The summed E-state index contributed by atoms with van der Waals surface area (Å²) in [6, 6.07) is 0.263. The van der Waals surface area contributed by atoms with Crippen molar-refractivity contribution >= 4 is 5.97 Å². The third-order valence-corrected chi connectivity index (χ3v) is 3.28. The van der Waals surface area contributed by atoms with Crippen LogP contribution >= 0.6 is 0 Å². The number of rotatable bonds is 9. The molecule has 0 fully saturated rings. The van der Waals surface area contributed by atoms with Gasteiger partial charge in [0.1, 0.15) is 5.54 Å². The van der Waals surface area contributed by atoms with E-state index in [1.165, 1.54) is 0 Å². The van der Waals surface area contributed by atoms with Crippen LogP contribution in [0.3, 0.4) is 0 Å². The number of hydrogen-bond donors (Lipinski definition) is 1. The Morgan fingerprint density at radius 1 is 1.15 bits per heavy atom. The molecule has 0 rings (SSSR count). The summed E-state index contributed by atoms with van der Waals surface area (Å²) < 4.78 is 5.07. The minimum Gasteiger partial charge on any atom is -0.465 e. The quantitative estimate of drug-likeness (QED) is 0.662. The van der Waals surface area contributed by atoms with Gasteiger partial charge < -0.3 is 15.4 Å². The average molecular weight is 286 g/mol. The second-order valence-electron chi connectivity index (χ2n) is 6.93. The second kappa shape index (κ2) is 8.63. The summed E-state index contributed by atoms with van der Waals surface area (Å²) in [6.07, 6.45) is 0.616. The molecule has 0 aliphatic heterocycles. The standard InChI is InChI=1S/C16H34N2O2/c1-8-20-15(19)16(7,17)9-14(6)18(10-12(2)3)11-13(4)5/h12-14H,8-11,17H2,1-7H3. The van der Waals surface area contributed by atoms with Crippen LogP contribution in [0.5, 0.6) is 0 Å². The van der Waals surface area contributed by atoms with Crippen molar-refractivity contribution in [1.82, 2.24) is 4.90 Å². The Hall–Kier alpha value is -0.610. The summed E-state index contributed by atoms with van der Waals surface area (Å²) in [5.41, 5.74) is 5.23. The largest absolute Gasteiger partial charge is 0.465 e. The van der Waals surface area contributed by atoms with Crippen LogP contribution in [0.1, 0.15) is 54.9 Å². The van der Waals surface area contributed by atoms with Gasteiger partial charge in [-0.2, -0.15) is 0 Å². The maximum absolute atomic E-state index is 11.9. The van der Waals surface area contributed by atoms with Gasteiger partial charge in [0.05, 0.1) is 6.61 Å². The molecule has 2 unspecified atom stereocenters. The molecule has 0 saturated carbocycles. The number of hydrogen-bond acceptors (Lipinski definition) is 4. The molecule has 4 heteroatoms. The summed E-state index contributed by atoms with van der Waals surface area (Å²) in [7, 11) is 0. The molecular formula is C16H34N2O2. The molecule has 2 N–H and O–H groups in total. The van der Waals surface area contributed by atoms with Gasteiger partial charge in [-0.15, -0.1) is 0 Å². The van der Waals surface area contributed by atoms with Gasteiger partial charge in [-0.25, -0.2) is 0 Å². The maximum Gasteiger partial charge on any atom is 0.325 e. The first kappa shape index (κ1) is 19.4. The Labute approximate surface area is 125 Å². The summed E-state index contributed by atoms with van der Waals surface area (Å²) in [5.74, 6) is 0.895. The average Bonchev–Trinajstić information content (AvgIpc) is 2.26. The lowest BCUT2D eigenvalue weighted by atomic mass is 9.93. The van der Waals surface area contributed by atoms with Crippen LogP contribution in [-0.4, -0.2) is 42.1 Å². The van der Waals surface area contributed by atoms with Crippen LogP contribution in [0.2, 0.25) is 0 Å². The molecule has 120 valence electrons. The maximum atomic E-state index is 11.9. The zero-order valence-electron chi connectivity index (χ0n) is 14.4. The first-order valence-corrected chi connectivity index (χ1v) is 7.80. The smallest absolute Gasteiger partial charge is 0.325 e. The lowest BCUT2D eigenvalue weighted by molar-refractivity contribution is -0.149. The Bertz CT molecular complexity index is 278. The fraction of sp³-hybridized carbons (Fsp3) is 0.938. The minimum absolute atomic E-state index is 0.263. The SMILES string of the molecule is CCOC(=O)C(C)(N)CC(C)N(CC(C)C)CC(C)C. The zero-order valence-corrected chi connectivity index (χ0v) is 14.4. The highest BCUT2D eigenvalue weighted by Gasteiger charge is 2.33. The van der Waals surface area contributed by atoms with E-state index in [4.69, 9.17) is 10.5 Å².